The van der Waals surface area contributed by atoms with Crippen LogP contribution in [0.5, 0.6) is 5.75 Å². The number of benzene rings is 1. The number of nitrogens with one attached hydrogen (secondary N) is 1. The highest BCUT2D eigenvalue weighted by molar-refractivity contribution is 5.97. The van der Waals surface area contributed by atoms with Crippen molar-refractivity contribution >= 4 is 5.84 Å². The summed E-state index contributed by atoms with van der Waals surface area (Å²) in [4.78, 5) is 0. The van der Waals surface area contributed by atoms with Crippen molar-refractivity contribution in [1.82, 2.24) is 0 Å². The van der Waals surface area contributed by atoms with Crippen molar-refractivity contribution in [3.05, 3.63) is 29.3 Å². The lowest BCUT2D eigenvalue weighted by Gasteiger charge is -2.10. The minimum absolute atomic E-state index is 0.0133. The van der Waals surface area contributed by atoms with Crippen LogP contribution >= 0.6 is 0 Å². The molecule has 0 aliphatic carbocycles. The second-order valence-electron chi connectivity index (χ2n) is 3.49. The van der Waals surface area contributed by atoms with E-state index < -0.39 is 0 Å². The Balaban J connectivity index is 2.68. The van der Waals surface area contributed by atoms with Crippen LogP contribution in [0.3, 0.4) is 0 Å². The second kappa shape index (κ2) is 6.88. The van der Waals surface area contributed by atoms with Crippen LogP contribution in [0.15, 0.2) is 18.2 Å². The maximum atomic E-state index is 7.46. The van der Waals surface area contributed by atoms with Crippen molar-refractivity contribution in [2.45, 2.75) is 6.61 Å². The van der Waals surface area contributed by atoms with Gasteiger partial charge in [0.05, 0.1) is 32.5 Å². The minimum atomic E-state index is -0.0133. The summed E-state index contributed by atoms with van der Waals surface area (Å²) in [5.41, 5.74) is 7.01. The van der Waals surface area contributed by atoms with E-state index >= 15 is 0 Å². The molecule has 5 heteroatoms. The maximum absolute atomic E-state index is 7.46. The van der Waals surface area contributed by atoms with Gasteiger partial charge in [0.1, 0.15) is 11.6 Å². The van der Waals surface area contributed by atoms with E-state index in [1.807, 2.05) is 6.07 Å². The predicted octanol–water partition coefficient (Wildman–Crippen LogP) is 1.14. The van der Waals surface area contributed by atoms with E-state index in [-0.39, 0.29) is 5.84 Å². The van der Waals surface area contributed by atoms with Crippen molar-refractivity contribution in [3.63, 3.8) is 0 Å². The zero-order valence-electron chi connectivity index (χ0n) is 10.2. The molecule has 0 aromatic heterocycles. The van der Waals surface area contributed by atoms with Crippen LogP contribution in [0.2, 0.25) is 0 Å². The molecule has 0 aliphatic heterocycles. The number of hydrogen-bond acceptors (Lipinski definition) is 4. The molecule has 0 unspecified atom stereocenters. The summed E-state index contributed by atoms with van der Waals surface area (Å²) in [6.45, 7) is 1.57. The summed E-state index contributed by atoms with van der Waals surface area (Å²) >= 11 is 0. The first kappa shape index (κ1) is 13.5. The van der Waals surface area contributed by atoms with Gasteiger partial charge in [-0.3, -0.25) is 5.41 Å². The molecule has 17 heavy (non-hydrogen) atoms. The normalized spacial score (nSPS) is 10.2. The predicted molar refractivity (Wildman–Crippen MR) is 65.5 cm³/mol. The van der Waals surface area contributed by atoms with Crippen LogP contribution in [-0.4, -0.2) is 33.3 Å². The minimum Gasteiger partial charge on any atom is -0.496 e. The Bertz CT molecular complexity index is 380. The Morgan fingerprint density at radius 3 is 2.65 bits per heavy atom. The molecule has 0 radical (unpaired) electrons. The molecule has 0 bridgehead atoms. The molecular weight excluding hydrogens is 220 g/mol. The fraction of sp³-hybridized carbons (Fsp3) is 0.417. The summed E-state index contributed by atoms with van der Waals surface area (Å²) < 4.78 is 15.4. The van der Waals surface area contributed by atoms with Crippen LogP contribution < -0.4 is 10.5 Å². The fourth-order valence-corrected chi connectivity index (χ4v) is 1.39. The fourth-order valence-electron chi connectivity index (χ4n) is 1.39. The molecule has 0 fully saturated rings. The molecule has 0 saturated carbocycles. The quantitative estimate of drug-likeness (QED) is 0.424. The van der Waals surface area contributed by atoms with Gasteiger partial charge < -0.3 is 19.9 Å². The standard InChI is InChI=1S/C12H18N2O3/c1-15-5-6-17-8-9-3-4-11(16-2)10(7-9)12(13)14/h3-4,7H,5-6,8H2,1-2H3,(H3,13,14). The maximum Gasteiger partial charge on any atom is 0.129 e. The lowest BCUT2D eigenvalue weighted by Crippen LogP contribution is -2.13. The number of amidine groups is 1. The van der Waals surface area contributed by atoms with Crippen molar-refractivity contribution in [2.75, 3.05) is 27.4 Å². The molecule has 1 aromatic rings. The zero-order chi connectivity index (χ0) is 12.7. The summed E-state index contributed by atoms with van der Waals surface area (Å²) in [6, 6.07) is 5.47. The van der Waals surface area contributed by atoms with Gasteiger partial charge >= 0.3 is 0 Å². The summed E-state index contributed by atoms with van der Waals surface area (Å²) in [7, 11) is 3.18. The van der Waals surface area contributed by atoms with Crippen molar-refractivity contribution < 1.29 is 14.2 Å². The highest BCUT2D eigenvalue weighted by atomic mass is 16.5. The average molecular weight is 238 g/mol. The molecule has 0 aliphatic rings. The van der Waals surface area contributed by atoms with Gasteiger partial charge in [0.15, 0.2) is 0 Å². The lowest BCUT2D eigenvalue weighted by atomic mass is 10.1. The molecule has 0 saturated heterocycles. The van der Waals surface area contributed by atoms with E-state index in [4.69, 9.17) is 25.4 Å². The van der Waals surface area contributed by atoms with Gasteiger partial charge in [-0.1, -0.05) is 6.07 Å². The molecule has 0 atom stereocenters. The van der Waals surface area contributed by atoms with E-state index in [2.05, 4.69) is 0 Å². The van der Waals surface area contributed by atoms with Crippen LogP contribution in [0.1, 0.15) is 11.1 Å². The molecule has 3 N–H and O–H groups in total. The van der Waals surface area contributed by atoms with Gasteiger partial charge in [-0.15, -0.1) is 0 Å². The van der Waals surface area contributed by atoms with E-state index in [9.17, 15) is 0 Å². The Hall–Kier alpha value is -1.59. The number of rotatable bonds is 7. The third kappa shape index (κ3) is 4.05. The van der Waals surface area contributed by atoms with Gasteiger partial charge in [-0.25, -0.2) is 0 Å². The lowest BCUT2D eigenvalue weighted by molar-refractivity contribution is 0.0616. The van der Waals surface area contributed by atoms with Gasteiger partial charge in [0.25, 0.3) is 0 Å². The highest BCUT2D eigenvalue weighted by Gasteiger charge is 2.07. The first-order valence-electron chi connectivity index (χ1n) is 5.27. The smallest absolute Gasteiger partial charge is 0.129 e. The molecular formula is C12H18N2O3. The van der Waals surface area contributed by atoms with E-state index in [1.165, 1.54) is 0 Å². The molecule has 94 valence electrons. The van der Waals surface area contributed by atoms with Crippen molar-refractivity contribution in [3.8, 4) is 5.75 Å². The Morgan fingerprint density at radius 2 is 2.06 bits per heavy atom. The number of hydrogen-bond donors (Lipinski definition) is 2. The average Bonchev–Trinajstić information content (AvgIpc) is 2.34. The van der Waals surface area contributed by atoms with Gasteiger partial charge in [0, 0.05) is 7.11 Å². The number of nitrogen functional groups attached to an aromatic ring is 1. The summed E-state index contributed by atoms with van der Waals surface area (Å²) in [6.07, 6.45) is 0. The molecule has 5 nitrogen and oxygen atoms in total. The van der Waals surface area contributed by atoms with Gasteiger partial charge in [0.2, 0.25) is 0 Å². The van der Waals surface area contributed by atoms with E-state index in [0.717, 1.165) is 5.56 Å². The van der Waals surface area contributed by atoms with Crippen LogP contribution in [-0.2, 0) is 16.1 Å². The summed E-state index contributed by atoms with van der Waals surface area (Å²) in [5, 5.41) is 7.46. The SMILES string of the molecule is COCCOCc1ccc(OC)c(C(=N)N)c1. The number of nitrogens with two attached hydrogens (primary N) is 1. The number of ether oxygens (including phenoxy) is 3. The zero-order valence-corrected chi connectivity index (χ0v) is 10.2. The molecule has 0 amide bonds. The topological polar surface area (TPSA) is 77.6 Å². The van der Waals surface area contributed by atoms with Crippen molar-refractivity contribution in [1.29, 1.82) is 5.41 Å². The Labute approximate surface area is 101 Å². The largest absolute Gasteiger partial charge is 0.496 e. The molecule has 0 spiro atoms. The van der Waals surface area contributed by atoms with Crippen LogP contribution in [0.4, 0.5) is 0 Å². The van der Waals surface area contributed by atoms with Crippen molar-refractivity contribution in [2.24, 2.45) is 5.73 Å². The highest BCUT2D eigenvalue weighted by Crippen LogP contribution is 2.19. The van der Waals surface area contributed by atoms with E-state index in [0.29, 0.717) is 31.1 Å². The van der Waals surface area contributed by atoms with Gasteiger partial charge in [-0.2, -0.15) is 0 Å². The Morgan fingerprint density at radius 1 is 1.29 bits per heavy atom. The number of methoxy groups -OCH3 is 2. The van der Waals surface area contributed by atoms with Crippen LogP contribution in [0.25, 0.3) is 0 Å². The van der Waals surface area contributed by atoms with Crippen LogP contribution in [0, 0.1) is 5.41 Å². The third-order valence-corrected chi connectivity index (χ3v) is 2.25. The second-order valence-corrected chi connectivity index (χ2v) is 3.49. The first-order chi connectivity index (χ1) is 8.19. The molecule has 0 heterocycles. The monoisotopic (exact) mass is 238 g/mol. The first-order valence-corrected chi connectivity index (χ1v) is 5.27. The molecule has 1 aromatic carbocycles. The van der Waals surface area contributed by atoms with Gasteiger partial charge in [-0.05, 0) is 17.7 Å². The Kier molecular flexibility index (Phi) is 5.45. The van der Waals surface area contributed by atoms with E-state index in [1.54, 1.807) is 26.4 Å². The summed E-state index contributed by atoms with van der Waals surface area (Å²) in [5.74, 6) is 0.582. The molecule has 1 rings (SSSR count). The third-order valence-electron chi connectivity index (χ3n) is 2.25.